The molecule has 3 aromatic rings. The molecule has 0 fully saturated rings. The lowest BCUT2D eigenvalue weighted by atomic mass is 10.0. The first-order valence-electron chi connectivity index (χ1n) is 6.91. The first-order chi connectivity index (χ1) is 10.9. The molecule has 0 bridgehead atoms. The number of aryl methyl sites for hydroxylation is 1. The number of aromatic nitrogens is 1. The Labute approximate surface area is 136 Å². The molecule has 3 nitrogen and oxygen atoms in total. The fraction of sp³-hybridized carbons (Fsp3) is 0.118. The molecule has 0 aliphatic rings. The second kappa shape index (κ2) is 5.66. The normalized spacial score (nSPS) is 11.0. The molecule has 0 atom stereocenters. The molecule has 0 saturated heterocycles. The summed E-state index contributed by atoms with van der Waals surface area (Å²) in [5.74, 6) is -2.11. The average Bonchev–Trinajstić information content (AvgIpc) is 2.86. The number of hydrogen-bond acceptors (Lipinski definition) is 1. The summed E-state index contributed by atoms with van der Waals surface area (Å²) in [5.41, 5.74) is 2.88. The quantitative estimate of drug-likeness (QED) is 0.715. The van der Waals surface area contributed by atoms with Crippen LogP contribution in [-0.2, 0) is 0 Å². The highest BCUT2D eigenvalue weighted by Gasteiger charge is 2.17. The number of H-pyrrole nitrogens is 1. The van der Waals surface area contributed by atoms with Crippen LogP contribution in [0.5, 0.6) is 0 Å². The molecule has 0 aliphatic heterocycles. The van der Waals surface area contributed by atoms with Gasteiger partial charge < -0.3 is 10.3 Å². The summed E-state index contributed by atoms with van der Waals surface area (Å²) in [6, 6.07) is 7.03. The van der Waals surface area contributed by atoms with E-state index in [1.165, 1.54) is 13.1 Å². The number of aromatic amines is 1. The summed E-state index contributed by atoms with van der Waals surface area (Å²) in [4.78, 5) is 15.0. The molecule has 118 valence electrons. The molecule has 0 aliphatic carbocycles. The smallest absolute Gasteiger partial charge is 0.267 e. The molecule has 2 aromatic carbocycles. The summed E-state index contributed by atoms with van der Waals surface area (Å²) in [6.45, 7) is 1.80. The van der Waals surface area contributed by atoms with Crippen LogP contribution in [0.3, 0.4) is 0 Å². The summed E-state index contributed by atoms with van der Waals surface area (Å²) in [7, 11) is 1.54. The minimum absolute atomic E-state index is 0.258. The molecule has 0 spiro atoms. The molecule has 2 N–H and O–H groups in total. The number of rotatable bonds is 2. The van der Waals surface area contributed by atoms with Gasteiger partial charge in [0.15, 0.2) is 11.6 Å². The van der Waals surface area contributed by atoms with Crippen molar-refractivity contribution in [1.82, 2.24) is 10.3 Å². The summed E-state index contributed by atoms with van der Waals surface area (Å²) >= 11 is 6.16. The zero-order valence-electron chi connectivity index (χ0n) is 12.4. The Morgan fingerprint density at radius 1 is 1.17 bits per heavy atom. The Morgan fingerprint density at radius 2 is 1.91 bits per heavy atom. The second-order valence-electron chi connectivity index (χ2n) is 5.21. The average molecular weight is 335 g/mol. The number of carbonyl (C=O) groups is 1. The van der Waals surface area contributed by atoms with Gasteiger partial charge in [0, 0.05) is 23.0 Å². The third-order valence-corrected chi connectivity index (χ3v) is 4.04. The standard InChI is InChI=1S/C17H13ClF2N2O/c1-8-11-6-10(18)7-12(9-3-4-13(19)14(20)5-9)16(11)22-15(8)17(23)21-2/h3-7,22H,1-2H3,(H,21,23). The minimum Gasteiger partial charge on any atom is -0.354 e. The summed E-state index contributed by atoms with van der Waals surface area (Å²) in [6.07, 6.45) is 0. The summed E-state index contributed by atoms with van der Waals surface area (Å²) < 4.78 is 26.7. The van der Waals surface area contributed by atoms with Gasteiger partial charge in [0.05, 0.1) is 5.52 Å². The lowest BCUT2D eigenvalue weighted by Crippen LogP contribution is -2.19. The van der Waals surface area contributed by atoms with Gasteiger partial charge in [-0.25, -0.2) is 8.78 Å². The molecule has 6 heteroatoms. The van der Waals surface area contributed by atoms with Crippen LogP contribution in [0.15, 0.2) is 30.3 Å². The lowest BCUT2D eigenvalue weighted by Gasteiger charge is -2.06. The maximum absolute atomic E-state index is 13.6. The second-order valence-corrected chi connectivity index (χ2v) is 5.65. The van der Waals surface area contributed by atoms with E-state index in [9.17, 15) is 13.6 Å². The van der Waals surface area contributed by atoms with E-state index in [0.29, 0.717) is 27.4 Å². The van der Waals surface area contributed by atoms with Crippen molar-refractivity contribution in [2.24, 2.45) is 0 Å². The van der Waals surface area contributed by atoms with Crippen LogP contribution in [0, 0.1) is 18.6 Å². The van der Waals surface area contributed by atoms with Crippen LogP contribution in [0.4, 0.5) is 8.78 Å². The van der Waals surface area contributed by atoms with Crippen LogP contribution in [0.25, 0.3) is 22.0 Å². The van der Waals surface area contributed by atoms with Crippen LogP contribution < -0.4 is 5.32 Å². The number of benzene rings is 2. The number of nitrogens with one attached hydrogen (secondary N) is 2. The number of halogens is 3. The van der Waals surface area contributed by atoms with Gasteiger partial charge in [-0.1, -0.05) is 17.7 Å². The Morgan fingerprint density at radius 3 is 2.57 bits per heavy atom. The fourth-order valence-electron chi connectivity index (χ4n) is 2.63. The Hall–Kier alpha value is -2.40. The molecule has 1 aromatic heterocycles. The van der Waals surface area contributed by atoms with Crippen molar-refractivity contribution in [2.75, 3.05) is 7.05 Å². The maximum Gasteiger partial charge on any atom is 0.267 e. The van der Waals surface area contributed by atoms with Gasteiger partial charge in [0.1, 0.15) is 5.69 Å². The zero-order valence-corrected chi connectivity index (χ0v) is 13.2. The molecule has 0 radical (unpaired) electrons. The van der Waals surface area contributed by atoms with Crippen molar-refractivity contribution in [3.8, 4) is 11.1 Å². The summed E-state index contributed by atoms with van der Waals surface area (Å²) in [5, 5.41) is 3.77. The van der Waals surface area contributed by atoms with Gasteiger partial charge in [-0.15, -0.1) is 0 Å². The number of carbonyl (C=O) groups excluding carboxylic acids is 1. The predicted octanol–water partition coefficient (Wildman–Crippen LogP) is 4.43. The predicted molar refractivity (Wildman–Crippen MR) is 86.8 cm³/mol. The highest BCUT2D eigenvalue weighted by atomic mass is 35.5. The Kier molecular flexibility index (Phi) is 3.82. The third kappa shape index (κ3) is 2.57. The molecule has 0 saturated carbocycles. The fourth-order valence-corrected chi connectivity index (χ4v) is 2.85. The zero-order chi connectivity index (χ0) is 16.7. The van der Waals surface area contributed by atoms with Crippen LogP contribution in [0.1, 0.15) is 16.1 Å². The number of hydrogen-bond donors (Lipinski definition) is 2. The van der Waals surface area contributed by atoms with E-state index in [4.69, 9.17) is 11.6 Å². The molecule has 1 amide bonds. The number of amides is 1. The first-order valence-corrected chi connectivity index (χ1v) is 7.29. The monoisotopic (exact) mass is 334 g/mol. The van der Waals surface area contributed by atoms with Crippen molar-refractivity contribution in [2.45, 2.75) is 6.92 Å². The van der Waals surface area contributed by atoms with Gasteiger partial charge in [-0.3, -0.25) is 4.79 Å². The highest BCUT2D eigenvalue weighted by Crippen LogP contribution is 2.35. The van der Waals surface area contributed by atoms with Gasteiger partial charge in [0.2, 0.25) is 0 Å². The van der Waals surface area contributed by atoms with E-state index >= 15 is 0 Å². The SMILES string of the molecule is CNC(=O)c1[nH]c2c(-c3ccc(F)c(F)c3)cc(Cl)cc2c1C. The Bertz CT molecular complexity index is 934. The Balaban J connectivity index is 2.32. The molecule has 1 heterocycles. The van der Waals surface area contributed by atoms with Crippen molar-refractivity contribution in [3.63, 3.8) is 0 Å². The topological polar surface area (TPSA) is 44.9 Å². The van der Waals surface area contributed by atoms with E-state index in [1.807, 2.05) is 0 Å². The maximum atomic E-state index is 13.6. The van der Waals surface area contributed by atoms with E-state index in [0.717, 1.165) is 23.1 Å². The minimum atomic E-state index is -0.939. The van der Waals surface area contributed by atoms with Crippen LogP contribution >= 0.6 is 11.6 Å². The molecular weight excluding hydrogens is 322 g/mol. The van der Waals surface area contributed by atoms with Crippen LogP contribution in [-0.4, -0.2) is 17.9 Å². The van der Waals surface area contributed by atoms with E-state index in [1.54, 1.807) is 19.1 Å². The largest absolute Gasteiger partial charge is 0.354 e. The first kappa shape index (κ1) is 15.5. The van der Waals surface area contributed by atoms with E-state index < -0.39 is 11.6 Å². The van der Waals surface area contributed by atoms with Crippen molar-refractivity contribution < 1.29 is 13.6 Å². The van der Waals surface area contributed by atoms with Crippen molar-refractivity contribution >= 4 is 28.4 Å². The third-order valence-electron chi connectivity index (χ3n) is 3.82. The molecule has 3 rings (SSSR count). The van der Waals surface area contributed by atoms with Crippen LogP contribution in [0.2, 0.25) is 5.02 Å². The molecular formula is C17H13ClF2N2O. The van der Waals surface area contributed by atoms with Gasteiger partial charge in [-0.2, -0.15) is 0 Å². The lowest BCUT2D eigenvalue weighted by molar-refractivity contribution is 0.0958. The van der Waals surface area contributed by atoms with E-state index in [-0.39, 0.29) is 5.91 Å². The van der Waals surface area contributed by atoms with E-state index in [2.05, 4.69) is 10.3 Å². The molecule has 0 unspecified atom stereocenters. The number of fused-ring (bicyclic) bond motifs is 1. The van der Waals surface area contributed by atoms with Crippen molar-refractivity contribution in [1.29, 1.82) is 0 Å². The van der Waals surface area contributed by atoms with Crippen molar-refractivity contribution in [3.05, 3.63) is 58.2 Å². The van der Waals surface area contributed by atoms with Gasteiger partial charge in [0.25, 0.3) is 5.91 Å². The van der Waals surface area contributed by atoms with Gasteiger partial charge in [-0.05, 0) is 42.3 Å². The highest BCUT2D eigenvalue weighted by molar-refractivity contribution is 6.32. The van der Waals surface area contributed by atoms with Gasteiger partial charge >= 0.3 is 0 Å². The molecule has 23 heavy (non-hydrogen) atoms.